The van der Waals surface area contributed by atoms with E-state index >= 15 is 0 Å². The minimum atomic E-state index is -3.89. The lowest BCUT2D eigenvalue weighted by Gasteiger charge is -2.40. The van der Waals surface area contributed by atoms with E-state index in [1.807, 2.05) is 0 Å². The van der Waals surface area contributed by atoms with E-state index in [0.717, 1.165) is 0 Å². The highest BCUT2D eigenvalue weighted by Gasteiger charge is 2.38. The van der Waals surface area contributed by atoms with E-state index in [0.29, 0.717) is 33.1 Å². The summed E-state index contributed by atoms with van der Waals surface area (Å²) >= 11 is 0. The van der Waals surface area contributed by atoms with Crippen molar-refractivity contribution in [2.24, 2.45) is 0 Å². The minimum absolute atomic E-state index is 0.0982. The highest BCUT2D eigenvalue weighted by Crippen LogP contribution is 2.48. The van der Waals surface area contributed by atoms with Crippen LogP contribution >= 0.6 is 10.0 Å². The van der Waals surface area contributed by atoms with Crippen molar-refractivity contribution >= 4 is 25.7 Å². The number of benzene rings is 2. The van der Waals surface area contributed by atoms with Crippen molar-refractivity contribution in [3.63, 3.8) is 0 Å². The molecule has 1 N–H and O–H groups in total. The Bertz CT molecular complexity index is 1030. The molecule has 1 unspecified atom stereocenters. The largest absolute Gasteiger partial charge is 0.497 e. The summed E-state index contributed by atoms with van der Waals surface area (Å²) in [6.07, 6.45) is 7.06. The molecule has 0 aliphatic carbocycles. The zero-order chi connectivity index (χ0) is 25.2. The van der Waals surface area contributed by atoms with Crippen molar-refractivity contribution in [3.05, 3.63) is 47.5 Å². The van der Waals surface area contributed by atoms with E-state index in [1.54, 1.807) is 57.4 Å². The van der Waals surface area contributed by atoms with Gasteiger partial charge in [-0.1, -0.05) is 32.9 Å². The number of fused-ring (bicyclic) bond motifs is 1. The van der Waals surface area contributed by atoms with E-state index in [2.05, 4.69) is 39.5 Å². The first-order valence-electron chi connectivity index (χ1n) is 10.9. The van der Waals surface area contributed by atoms with Gasteiger partial charge in [0.05, 0.1) is 24.3 Å². The quantitative estimate of drug-likeness (QED) is 0.660. The van der Waals surface area contributed by atoms with Gasteiger partial charge in [-0.2, -0.15) is 0 Å². The molecule has 1 aliphatic rings. The zero-order valence-corrected chi connectivity index (χ0v) is 22.9. The van der Waals surface area contributed by atoms with Crippen LogP contribution in [0.4, 0.5) is 5.69 Å². The van der Waals surface area contributed by atoms with Crippen LogP contribution in [0.1, 0.15) is 31.9 Å². The van der Waals surface area contributed by atoms with Crippen molar-refractivity contribution in [3.8, 4) is 11.5 Å². The lowest BCUT2D eigenvalue weighted by atomic mass is 10.1. The first-order valence-corrected chi connectivity index (χ1v) is 15.1. The van der Waals surface area contributed by atoms with Gasteiger partial charge in [0.15, 0.2) is 0 Å². The highest BCUT2D eigenvalue weighted by atomic mass is 32.3. The highest BCUT2D eigenvalue weighted by molar-refractivity contribution is 8.33. The van der Waals surface area contributed by atoms with Crippen LogP contribution in [-0.4, -0.2) is 63.4 Å². The Balaban J connectivity index is 0.000000414. The molecule has 6 nitrogen and oxygen atoms in total. The normalized spacial score (nSPS) is 16.8. The van der Waals surface area contributed by atoms with Crippen LogP contribution in [0.25, 0.3) is 0 Å². The molecule has 0 fully saturated rings. The molecular weight excluding hydrogens is 458 g/mol. The minimum Gasteiger partial charge on any atom is -0.497 e. The molecule has 2 aromatic carbocycles. The summed E-state index contributed by atoms with van der Waals surface area (Å²) in [5.41, 5.74) is 1.62. The van der Waals surface area contributed by atoms with Gasteiger partial charge in [0, 0.05) is 0 Å². The number of aryl methyl sites for hydroxylation is 2. The molecule has 8 heteroatoms. The Morgan fingerprint density at radius 3 is 2.06 bits per heavy atom. The summed E-state index contributed by atoms with van der Waals surface area (Å²) in [6.45, 7) is 10.2. The third kappa shape index (κ3) is 5.97. The number of aliphatic hydroxyl groups is 1. The van der Waals surface area contributed by atoms with E-state index in [4.69, 9.17) is 9.47 Å². The first-order chi connectivity index (χ1) is 15.1. The molecule has 0 aromatic heterocycles. The Labute approximate surface area is 201 Å². The van der Waals surface area contributed by atoms with Crippen molar-refractivity contribution in [2.75, 3.05) is 43.4 Å². The number of sulfonamides is 1. The average Bonchev–Trinajstić information content (AvgIpc) is 2.70. The van der Waals surface area contributed by atoms with Gasteiger partial charge in [0.25, 0.3) is 10.0 Å². The maximum absolute atomic E-state index is 13.5. The Morgan fingerprint density at radius 2 is 1.61 bits per heavy atom. The molecule has 1 atom stereocenters. The van der Waals surface area contributed by atoms with E-state index < -0.39 is 16.1 Å². The molecule has 33 heavy (non-hydrogen) atoms. The summed E-state index contributed by atoms with van der Waals surface area (Å²) in [7, 11) is -2.68. The lowest BCUT2D eigenvalue weighted by Crippen LogP contribution is -2.49. The zero-order valence-electron chi connectivity index (χ0n) is 21.3. The fourth-order valence-corrected chi connectivity index (χ4v) is 5.26. The number of anilines is 1. The molecule has 1 heterocycles. The van der Waals surface area contributed by atoms with E-state index in [-0.39, 0.29) is 28.1 Å². The average molecular weight is 498 g/mol. The van der Waals surface area contributed by atoms with Crippen LogP contribution in [0.3, 0.4) is 0 Å². The predicted octanol–water partition coefficient (Wildman–Crippen LogP) is 4.74. The smallest absolute Gasteiger partial charge is 0.265 e. The molecule has 0 bridgehead atoms. The van der Waals surface area contributed by atoms with Crippen LogP contribution in [0.15, 0.2) is 41.3 Å². The lowest BCUT2D eigenvalue weighted by molar-refractivity contribution is 0.197. The number of aliphatic hydroxyl groups excluding tert-OH is 1. The van der Waals surface area contributed by atoms with Crippen LogP contribution in [0, 0.1) is 13.8 Å². The summed E-state index contributed by atoms with van der Waals surface area (Å²) in [4.78, 5) is 0.225. The second-order valence-corrected chi connectivity index (χ2v) is 16.6. The van der Waals surface area contributed by atoms with Crippen LogP contribution in [0.5, 0.6) is 11.5 Å². The molecule has 0 saturated carbocycles. The van der Waals surface area contributed by atoms with Gasteiger partial charge in [-0.25, -0.2) is 18.4 Å². The van der Waals surface area contributed by atoms with Gasteiger partial charge in [0.2, 0.25) is 0 Å². The summed E-state index contributed by atoms with van der Waals surface area (Å²) < 4.78 is 39.6. The summed E-state index contributed by atoms with van der Waals surface area (Å²) in [6, 6.07) is 9.65. The van der Waals surface area contributed by atoms with Crippen molar-refractivity contribution < 1.29 is 23.0 Å². The maximum atomic E-state index is 13.5. The van der Waals surface area contributed by atoms with Crippen molar-refractivity contribution in [1.82, 2.24) is 0 Å². The predicted molar refractivity (Wildman–Crippen MR) is 140 cm³/mol. The van der Waals surface area contributed by atoms with Gasteiger partial charge < -0.3 is 14.6 Å². The van der Waals surface area contributed by atoms with E-state index in [9.17, 15) is 13.5 Å². The molecule has 0 spiro atoms. The summed E-state index contributed by atoms with van der Waals surface area (Å²) in [5.74, 6) is 1.09. The number of methoxy groups -OCH3 is 1. The maximum Gasteiger partial charge on any atom is 0.265 e. The molecule has 186 valence electrons. The number of nitrogens with zero attached hydrogens (tertiary/aromatic N) is 1. The molecular formula is C25H39NO5S2. The van der Waals surface area contributed by atoms with Gasteiger partial charge in [-0.15, -0.1) is 0 Å². The molecule has 0 saturated heterocycles. The Hall–Kier alpha value is -1.90. The Kier molecular flexibility index (Phi) is 8.41. The third-order valence-corrected chi connectivity index (χ3v) is 11.9. The Morgan fingerprint density at radius 1 is 1.09 bits per heavy atom. The van der Waals surface area contributed by atoms with Crippen LogP contribution < -0.4 is 13.8 Å². The number of hydrogen-bond acceptors (Lipinski definition) is 5. The number of ether oxygens (including phenoxy) is 2. The molecule has 0 radical (unpaired) electrons. The van der Waals surface area contributed by atoms with Crippen LogP contribution in [0.2, 0.25) is 0 Å². The molecule has 0 amide bonds. The van der Waals surface area contributed by atoms with Crippen molar-refractivity contribution in [1.29, 1.82) is 0 Å². The third-order valence-electron chi connectivity index (χ3n) is 6.10. The molecule has 3 rings (SSSR count). The van der Waals surface area contributed by atoms with E-state index in [1.165, 1.54) is 4.31 Å². The second kappa shape index (κ2) is 10.2. The number of para-hydroxylation sites is 2. The van der Waals surface area contributed by atoms with Gasteiger partial charge >= 0.3 is 0 Å². The fraction of sp³-hybridized carbons (Fsp3) is 0.520. The number of rotatable bonds is 4. The van der Waals surface area contributed by atoms with Gasteiger partial charge in [-0.3, -0.25) is 4.31 Å². The topological polar surface area (TPSA) is 76.1 Å². The van der Waals surface area contributed by atoms with Gasteiger partial charge in [-0.05, 0) is 72.8 Å². The standard InChI is InChI=1S/C18H21NO5S.C7H18S/c1-12-8-15(23-3)9-13(2)18(12)25(21,22)19-14(10-20)11-24-17-7-5-4-6-16(17)19;1-7(2,3)8(4,5)6/h4-9,14,20H,10-11H2,1-3H3;1-6H3. The monoisotopic (exact) mass is 497 g/mol. The summed E-state index contributed by atoms with van der Waals surface area (Å²) in [5, 5.41) is 9.71. The SMILES string of the molecule is CC(C)(C)S(C)(C)C.COc1cc(C)c(S(=O)(=O)N2c3ccccc3OCC2CO)c(C)c1. The van der Waals surface area contributed by atoms with Gasteiger partial charge in [0.1, 0.15) is 24.1 Å². The molecule has 2 aromatic rings. The van der Waals surface area contributed by atoms with Crippen LogP contribution in [-0.2, 0) is 10.0 Å². The number of hydrogen-bond donors (Lipinski definition) is 1. The fourth-order valence-electron chi connectivity index (χ4n) is 3.20. The first kappa shape index (κ1) is 27.3. The van der Waals surface area contributed by atoms with Crippen molar-refractivity contribution in [2.45, 2.75) is 50.3 Å². The second-order valence-electron chi connectivity index (χ2n) is 9.96. The molecule has 1 aliphatic heterocycles.